The van der Waals surface area contributed by atoms with Crippen molar-refractivity contribution in [1.29, 1.82) is 0 Å². The van der Waals surface area contributed by atoms with Gasteiger partial charge in [0.25, 0.3) is 0 Å². The van der Waals surface area contributed by atoms with E-state index in [9.17, 15) is 0 Å². The summed E-state index contributed by atoms with van der Waals surface area (Å²) in [4.78, 5) is 0. The van der Waals surface area contributed by atoms with E-state index in [2.05, 4.69) is 20.8 Å². The van der Waals surface area contributed by atoms with E-state index >= 15 is 0 Å². The van der Waals surface area contributed by atoms with Crippen molar-refractivity contribution >= 4 is 0 Å². The second-order valence-corrected chi connectivity index (χ2v) is 3.34. The van der Waals surface area contributed by atoms with E-state index < -0.39 is 0 Å². The molecule has 0 N–H and O–H groups in total. The minimum Gasteiger partial charge on any atom is -0.358 e. The zero-order valence-corrected chi connectivity index (χ0v) is 12.5. The Hall–Kier alpha value is -0.157. The Morgan fingerprint density at radius 2 is 1.07 bits per heavy atom. The van der Waals surface area contributed by atoms with E-state index in [1.807, 2.05) is 36.4 Å². The predicted octanol–water partition coefficient (Wildman–Crippen LogP) is 5.03. The monoisotopic (exact) mass is 296 g/mol. The fourth-order valence-corrected chi connectivity index (χ4v) is 0.962. The predicted molar refractivity (Wildman–Crippen MR) is 69.0 cm³/mol. The van der Waals surface area contributed by atoms with Crippen LogP contribution in [0.4, 0.5) is 0 Å². The summed E-state index contributed by atoms with van der Waals surface area (Å²) in [6.07, 6.45) is 2.71. The summed E-state index contributed by atoms with van der Waals surface area (Å²) in [6, 6.07) is 12.0. The van der Waals surface area contributed by atoms with Crippen LogP contribution in [0.2, 0.25) is 0 Å². The number of rotatable bonds is 2. The van der Waals surface area contributed by atoms with Crippen LogP contribution in [0.15, 0.2) is 36.4 Å². The molecule has 90 valence electrons. The van der Waals surface area contributed by atoms with Crippen molar-refractivity contribution in [3.05, 3.63) is 51.3 Å². The summed E-state index contributed by atoms with van der Waals surface area (Å²) < 4.78 is 0. The maximum Gasteiger partial charge on any atom is 2.00 e. The van der Waals surface area contributed by atoms with Gasteiger partial charge in [-0.15, -0.1) is 0 Å². The Morgan fingerprint density at radius 1 is 0.800 bits per heavy atom. The molecule has 0 saturated heterocycles. The van der Waals surface area contributed by atoms with Crippen LogP contribution in [0.5, 0.6) is 0 Å². The first-order valence-corrected chi connectivity index (χ1v) is 4.77. The second-order valence-electron chi connectivity index (χ2n) is 3.34. The van der Waals surface area contributed by atoms with Gasteiger partial charge in [0.1, 0.15) is 0 Å². The molecule has 0 nitrogen and oxygen atoms in total. The maximum absolute atomic E-state index is 2.25. The fraction of sp³-hybridized carbons (Fsp3) is 0.429. The molecule has 0 aliphatic heterocycles. The molecular formula is C14H26Ru. The van der Waals surface area contributed by atoms with Crippen LogP contribution in [-0.4, -0.2) is 0 Å². The van der Waals surface area contributed by atoms with Gasteiger partial charge in [-0.1, -0.05) is 70.0 Å². The third-order valence-corrected chi connectivity index (χ3v) is 1.53. The number of hydrogen-bond donors (Lipinski definition) is 0. The molecule has 0 amide bonds. The van der Waals surface area contributed by atoms with Crippen LogP contribution >= 0.6 is 0 Å². The van der Waals surface area contributed by atoms with E-state index in [1.165, 1.54) is 12.8 Å². The molecule has 1 aromatic rings. The Kier molecular flexibility index (Phi) is 31.3. The molecule has 0 aromatic heterocycles. The number of benzene rings is 1. The molecule has 0 bridgehead atoms. The van der Waals surface area contributed by atoms with E-state index in [-0.39, 0.29) is 34.3 Å². The van der Waals surface area contributed by atoms with Crippen molar-refractivity contribution < 1.29 is 19.5 Å². The maximum atomic E-state index is 2.25. The molecule has 0 atom stereocenters. The van der Waals surface area contributed by atoms with Gasteiger partial charge in [-0.25, -0.2) is 0 Å². The van der Waals surface area contributed by atoms with Crippen molar-refractivity contribution in [1.82, 2.24) is 0 Å². The largest absolute Gasteiger partial charge is 2.00 e. The van der Waals surface area contributed by atoms with Crippen molar-refractivity contribution in [3.8, 4) is 0 Å². The van der Waals surface area contributed by atoms with Gasteiger partial charge in [0, 0.05) is 0 Å². The third kappa shape index (κ3) is 24.8. The Morgan fingerprint density at radius 3 is 1.13 bits per heavy atom. The normalized spacial score (nSPS) is 7.20. The average molecular weight is 295 g/mol. The van der Waals surface area contributed by atoms with Crippen LogP contribution in [-0.2, 0) is 19.5 Å². The van der Waals surface area contributed by atoms with Crippen LogP contribution in [0.1, 0.15) is 33.6 Å². The van der Waals surface area contributed by atoms with Gasteiger partial charge in [0.2, 0.25) is 0 Å². The molecule has 0 spiro atoms. The third-order valence-electron chi connectivity index (χ3n) is 1.53. The fourth-order valence-electron chi connectivity index (χ4n) is 0.962. The molecule has 0 aliphatic rings. The van der Waals surface area contributed by atoms with E-state index in [0.29, 0.717) is 0 Å². The first kappa shape index (κ1) is 24.2. The molecular weight excluding hydrogens is 269 g/mol. The van der Waals surface area contributed by atoms with Crippen molar-refractivity contribution in [3.63, 3.8) is 0 Å². The summed E-state index contributed by atoms with van der Waals surface area (Å²) in [5.41, 5.74) is 0. The minimum absolute atomic E-state index is 0. The summed E-state index contributed by atoms with van der Waals surface area (Å²) in [7, 11) is 0. The Labute approximate surface area is 110 Å². The standard InChI is InChI=1S/C6H6.C6H14.2CH3.Ru/c1-2-4-6-5-3-1;1-4-5-6(2)3;;;/h1-6H;6H,4-5H2,1-3H3;2*1H3;/q;;2*-1;+2. The molecule has 1 aromatic carbocycles. The van der Waals surface area contributed by atoms with Crippen LogP contribution in [0.3, 0.4) is 0 Å². The Bertz CT molecular complexity index is 132. The zero-order valence-electron chi connectivity index (χ0n) is 10.8. The quantitative estimate of drug-likeness (QED) is 0.530. The van der Waals surface area contributed by atoms with Crippen molar-refractivity contribution in [2.24, 2.45) is 5.92 Å². The average Bonchev–Trinajstić information content (AvgIpc) is 2.08. The molecule has 0 saturated carbocycles. The van der Waals surface area contributed by atoms with Crippen LogP contribution in [0.25, 0.3) is 0 Å². The van der Waals surface area contributed by atoms with Gasteiger partial charge >= 0.3 is 19.5 Å². The van der Waals surface area contributed by atoms with Crippen LogP contribution in [0, 0.1) is 20.8 Å². The molecule has 0 heterocycles. The summed E-state index contributed by atoms with van der Waals surface area (Å²) in [5.74, 6) is 0.898. The summed E-state index contributed by atoms with van der Waals surface area (Å²) >= 11 is 0. The molecule has 0 fully saturated rings. The Balaban J connectivity index is -0.0000000672. The zero-order chi connectivity index (χ0) is 9.23. The van der Waals surface area contributed by atoms with Gasteiger partial charge < -0.3 is 14.9 Å². The second kappa shape index (κ2) is 19.4. The van der Waals surface area contributed by atoms with Gasteiger partial charge in [-0.2, -0.15) is 0 Å². The first-order chi connectivity index (χ1) is 5.77. The number of hydrogen-bond acceptors (Lipinski definition) is 0. The van der Waals surface area contributed by atoms with E-state index in [0.717, 1.165) is 5.92 Å². The molecule has 0 aliphatic carbocycles. The van der Waals surface area contributed by atoms with Gasteiger partial charge in [0.15, 0.2) is 0 Å². The van der Waals surface area contributed by atoms with E-state index in [1.54, 1.807) is 0 Å². The van der Waals surface area contributed by atoms with E-state index in [4.69, 9.17) is 0 Å². The SMILES string of the molecule is CCCC(C)C.[CH3-].[CH3-].[Ru+2].c1ccccc1. The minimum atomic E-state index is 0. The summed E-state index contributed by atoms with van der Waals surface area (Å²) in [5, 5.41) is 0. The molecule has 0 radical (unpaired) electrons. The molecule has 1 heteroatoms. The van der Waals surface area contributed by atoms with Crippen LogP contribution < -0.4 is 0 Å². The van der Waals surface area contributed by atoms with Crippen molar-refractivity contribution in [2.75, 3.05) is 0 Å². The molecule has 0 unspecified atom stereocenters. The summed E-state index contributed by atoms with van der Waals surface area (Å²) in [6.45, 7) is 6.73. The van der Waals surface area contributed by atoms with Gasteiger partial charge in [0.05, 0.1) is 0 Å². The topological polar surface area (TPSA) is 0 Å². The first-order valence-electron chi connectivity index (χ1n) is 4.77. The smallest absolute Gasteiger partial charge is 0.358 e. The van der Waals surface area contributed by atoms with Gasteiger partial charge in [-0.3, -0.25) is 0 Å². The van der Waals surface area contributed by atoms with Gasteiger partial charge in [-0.05, 0) is 5.92 Å². The molecule has 1 rings (SSSR count). The van der Waals surface area contributed by atoms with Crippen molar-refractivity contribution in [2.45, 2.75) is 33.6 Å². The molecule has 15 heavy (non-hydrogen) atoms.